The van der Waals surface area contributed by atoms with E-state index in [9.17, 15) is 4.79 Å². The second-order valence-electron chi connectivity index (χ2n) is 6.61. The lowest BCUT2D eigenvalue weighted by Crippen LogP contribution is -2.25. The predicted octanol–water partition coefficient (Wildman–Crippen LogP) is 5.89. The van der Waals surface area contributed by atoms with Gasteiger partial charge in [-0.2, -0.15) is 0 Å². The van der Waals surface area contributed by atoms with Crippen molar-refractivity contribution in [2.45, 2.75) is 6.92 Å². The lowest BCUT2D eigenvalue weighted by Gasteiger charge is -2.17. The zero-order chi connectivity index (χ0) is 19.3. The first-order chi connectivity index (χ1) is 13.6. The molecule has 0 bridgehead atoms. The molecule has 0 radical (unpaired) electrons. The molecule has 0 saturated carbocycles. The largest absolute Gasteiger partial charge is 0.453 e. The molecule has 0 atom stereocenters. The van der Waals surface area contributed by atoms with Gasteiger partial charge < -0.3 is 4.74 Å². The van der Waals surface area contributed by atoms with Crippen molar-refractivity contribution in [2.75, 3.05) is 0 Å². The number of rotatable bonds is 1. The summed E-state index contributed by atoms with van der Waals surface area (Å²) in [4.78, 5) is 18.2. The number of ether oxygens (including phenoxy) is 1. The summed E-state index contributed by atoms with van der Waals surface area (Å²) in [5, 5.41) is 1.41. The summed E-state index contributed by atoms with van der Waals surface area (Å²) in [6, 6.07) is 22.6. The Labute approximate surface area is 166 Å². The van der Waals surface area contributed by atoms with E-state index in [0.717, 1.165) is 16.6 Å². The molecule has 1 aliphatic heterocycles. The number of aromatic nitrogens is 1. The molecule has 0 amide bonds. The Morgan fingerprint density at radius 3 is 2.54 bits per heavy atom. The van der Waals surface area contributed by atoms with Crippen molar-refractivity contribution in [1.29, 1.82) is 0 Å². The SMILES string of the molecule is CC1=Nc2cc(Cl)ccc2Oc2c1c(=O)n(-c1ccccc1)c1ccccc21. The summed E-state index contributed by atoms with van der Waals surface area (Å²) in [6.07, 6.45) is 0. The van der Waals surface area contributed by atoms with Crippen molar-refractivity contribution in [3.8, 4) is 17.2 Å². The first-order valence-corrected chi connectivity index (χ1v) is 9.27. The van der Waals surface area contributed by atoms with Crippen LogP contribution in [0.4, 0.5) is 5.69 Å². The van der Waals surface area contributed by atoms with Gasteiger partial charge in [-0.25, -0.2) is 4.99 Å². The molecular weight excluding hydrogens is 372 g/mol. The predicted molar refractivity (Wildman–Crippen MR) is 113 cm³/mol. The Hall–Kier alpha value is -3.37. The van der Waals surface area contributed by atoms with Gasteiger partial charge in [0.05, 0.1) is 11.2 Å². The van der Waals surface area contributed by atoms with E-state index in [1.54, 1.807) is 22.8 Å². The van der Waals surface area contributed by atoms with Crippen LogP contribution in [0.3, 0.4) is 0 Å². The topological polar surface area (TPSA) is 43.6 Å². The van der Waals surface area contributed by atoms with E-state index in [0.29, 0.717) is 33.5 Å². The lowest BCUT2D eigenvalue weighted by atomic mass is 10.1. The fraction of sp³-hybridized carbons (Fsp3) is 0.0435. The van der Waals surface area contributed by atoms with Crippen molar-refractivity contribution in [2.24, 2.45) is 4.99 Å². The fourth-order valence-corrected chi connectivity index (χ4v) is 3.75. The van der Waals surface area contributed by atoms with Gasteiger partial charge in [0.2, 0.25) is 0 Å². The summed E-state index contributed by atoms with van der Waals surface area (Å²) >= 11 is 6.13. The number of halogens is 1. The highest BCUT2D eigenvalue weighted by atomic mass is 35.5. The van der Waals surface area contributed by atoms with E-state index in [1.807, 2.05) is 61.5 Å². The van der Waals surface area contributed by atoms with E-state index in [2.05, 4.69) is 4.99 Å². The minimum atomic E-state index is -0.167. The maximum absolute atomic E-state index is 13.6. The van der Waals surface area contributed by atoms with Gasteiger partial charge in [-0.1, -0.05) is 41.9 Å². The summed E-state index contributed by atoms with van der Waals surface area (Å²) in [5.41, 5.74) is 3.06. The quantitative estimate of drug-likeness (QED) is 0.409. The maximum atomic E-state index is 13.6. The van der Waals surface area contributed by atoms with Crippen LogP contribution in [0.25, 0.3) is 16.6 Å². The first-order valence-electron chi connectivity index (χ1n) is 8.90. The van der Waals surface area contributed by atoms with Crippen LogP contribution < -0.4 is 10.3 Å². The highest BCUT2D eigenvalue weighted by Crippen LogP contribution is 2.41. The second kappa shape index (κ2) is 6.36. The van der Waals surface area contributed by atoms with Crippen molar-refractivity contribution in [3.05, 3.63) is 93.7 Å². The average Bonchev–Trinajstić information content (AvgIpc) is 2.85. The first kappa shape index (κ1) is 16.8. The fourth-order valence-electron chi connectivity index (χ4n) is 3.58. The Balaban J connectivity index is 1.92. The number of nitrogens with zero attached hydrogens (tertiary/aromatic N) is 2. The van der Waals surface area contributed by atoms with Gasteiger partial charge in [-0.15, -0.1) is 0 Å². The molecule has 0 unspecified atom stereocenters. The number of para-hydroxylation sites is 2. The third-order valence-corrected chi connectivity index (χ3v) is 5.07. The molecule has 28 heavy (non-hydrogen) atoms. The third kappa shape index (κ3) is 2.53. The number of fused-ring (bicyclic) bond motifs is 4. The third-order valence-electron chi connectivity index (χ3n) is 4.83. The molecule has 0 fully saturated rings. The smallest absolute Gasteiger partial charge is 0.268 e. The van der Waals surface area contributed by atoms with Crippen LogP contribution in [-0.4, -0.2) is 10.3 Å². The molecule has 136 valence electrons. The standard InChI is InChI=1S/C23H15ClN2O2/c1-14-21-22(28-20-12-11-15(24)13-18(20)25-14)17-9-5-6-10-19(17)26(23(21)27)16-7-3-2-4-8-16/h2-13H,1H3. The van der Waals surface area contributed by atoms with E-state index >= 15 is 0 Å². The van der Waals surface area contributed by atoms with Crippen LogP contribution in [0.1, 0.15) is 12.5 Å². The van der Waals surface area contributed by atoms with E-state index in [4.69, 9.17) is 16.3 Å². The van der Waals surface area contributed by atoms with Gasteiger partial charge in [0, 0.05) is 16.1 Å². The summed E-state index contributed by atoms with van der Waals surface area (Å²) in [6.45, 7) is 1.82. The zero-order valence-electron chi connectivity index (χ0n) is 15.0. The lowest BCUT2D eigenvalue weighted by molar-refractivity contribution is 0.489. The minimum absolute atomic E-state index is 0.167. The molecule has 3 aromatic carbocycles. The molecule has 4 nitrogen and oxygen atoms in total. The van der Waals surface area contributed by atoms with Crippen LogP contribution >= 0.6 is 11.6 Å². The average molecular weight is 387 g/mol. The van der Waals surface area contributed by atoms with Crippen LogP contribution in [-0.2, 0) is 0 Å². The van der Waals surface area contributed by atoms with Crippen molar-refractivity contribution < 1.29 is 4.74 Å². The molecule has 5 rings (SSSR count). The van der Waals surface area contributed by atoms with Gasteiger partial charge in [-0.05, 0) is 49.4 Å². The molecule has 1 aliphatic rings. The molecule has 0 spiro atoms. The van der Waals surface area contributed by atoms with Gasteiger partial charge in [0.15, 0.2) is 11.5 Å². The summed E-state index contributed by atoms with van der Waals surface area (Å²) < 4.78 is 7.93. The Morgan fingerprint density at radius 2 is 1.71 bits per heavy atom. The Morgan fingerprint density at radius 1 is 0.964 bits per heavy atom. The van der Waals surface area contributed by atoms with Crippen LogP contribution in [0, 0.1) is 0 Å². The van der Waals surface area contributed by atoms with Crippen LogP contribution in [0.5, 0.6) is 11.5 Å². The van der Waals surface area contributed by atoms with Gasteiger partial charge in [0.1, 0.15) is 11.3 Å². The zero-order valence-corrected chi connectivity index (χ0v) is 15.8. The van der Waals surface area contributed by atoms with Gasteiger partial charge in [0.25, 0.3) is 5.56 Å². The monoisotopic (exact) mass is 386 g/mol. The van der Waals surface area contributed by atoms with Crippen molar-refractivity contribution in [1.82, 2.24) is 4.57 Å². The van der Waals surface area contributed by atoms with Crippen LogP contribution in [0.2, 0.25) is 5.02 Å². The highest BCUT2D eigenvalue weighted by molar-refractivity contribution is 6.31. The molecule has 2 heterocycles. The van der Waals surface area contributed by atoms with Crippen molar-refractivity contribution >= 4 is 33.9 Å². The van der Waals surface area contributed by atoms with Crippen molar-refractivity contribution in [3.63, 3.8) is 0 Å². The molecule has 5 heteroatoms. The van der Waals surface area contributed by atoms with Crippen LogP contribution in [0.15, 0.2) is 82.6 Å². The van der Waals surface area contributed by atoms with Gasteiger partial charge in [-0.3, -0.25) is 9.36 Å². The van der Waals surface area contributed by atoms with E-state index in [-0.39, 0.29) is 5.56 Å². The second-order valence-corrected chi connectivity index (χ2v) is 7.05. The molecule has 1 aromatic heterocycles. The van der Waals surface area contributed by atoms with E-state index < -0.39 is 0 Å². The maximum Gasteiger partial charge on any atom is 0.268 e. The summed E-state index contributed by atoms with van der Waals surface area (Å²) in [5.74, 6) is 1.10. The number of hydrogen-bond acceptors (Lipinski definition) is 3. The highest BCUT2D eigenvalue weighted by Gasteiger charge is 2.24. The number of benzene rings is 3. The van der Waals surface area contributed by atoms with Gasteiger partial charge >= 0.3 is 0 Å². The Bertz CT molecular complexity index is 1320. The minimum Gasteiger partial charge on any atom is -0.453 e. The molecule has 0 saturated heterocycles. The Kier molecular flexibility index (Phi) is 3.81. The summed E-state index contributed by atoms with van der Waals surface area (Å²) in [7, 11) is 0. The molecule has 0 aliphatic carbocycles. The van der Waals surface area contributed by atoms with E-state index in [1.165, 1.54) is 0 Å². The molecule has 0 N–H and O–H groups in total. The normalized spacial score (nSPS) is 12.6. The number of hydrogen-bond donors (Lipinski definition) is 0. The number of aliphatic imine (C=N–C) groups is 1. The molecule has 4 aromatic rings. The molecular formula is C23H15ClN2O2. The number of pyridine rings is 1.